The van der Waals surface area contributed by atoms with E-state index in [1.54, 1.807) is 29.2 Å². The van der Waals surface area contributed by atoms with Crippen LogP contribution in [0.3, 0.4) is 0 Å². The number of urea groups is 1. The number of nitrogens with zero attached hydrogens (tertiary/aromatic N) is 1. The van der Waals surface area contributed by atoms with Crippen LogP contribution in [0.2, 0.25) is 5.02 Å². The van der Waals surface area contributed by atoms with Crippen LogP contribution in [0.1, 0.15) is 46.3 Å². The second-order valence-electron chi connectivity index (χ2n) is 7.88. The molecule has 1 atom stereocenters. The van der Waals surface area contributed by atoms with E-state index in [0.717, 1.165) is 16.7 Å². The minimum Gasteiger partial charge on any atom is -0.334 e. The third kappa shape index (κ3) is 4.32. The first-order valence-electron chi connectivity index (χ1n) is 10.1. The van der Waals surface area contributed by atoms with E-state index >= 15 is 0 Å². The SMILES string of the molecule is Cc1ccc(NC(=O)NCc2cccc3c2CN(C2CCC(=O)CC2=O)C3=O)cc1Cl. The fraction of sp³-hybridized carbons (Fsp3) is 0.304. The third-order valence-corrected chi connectivity index (χ3v) is 6.18. The number of fused-ring (bicyclic) bond motifs is 1. The predicted molar refractivity (Wildman–Crippen MR) is 116 cm³/mol. The van der Waals surface area contributed by atoms with Crippen LogP contribution in [0.15, 0.2) is 36.4 Å². The van der Waals surface area contributed by atoms with Crippen molar-refractivity contribution >= 4 is 40.8 Å². The average molecular weight is 440 g/mol. The Morgan fingerprint density at radius 2 is 2.00 bits per heavy atom. The minimum atomic E-state index is -0.562. The Bertz CT molecular complexity index is 1100. The van der Waals surface area contributed by atoms with E-state index in [2.05, 4.69) is 10.6 Å². The molecule has 2 aliphatic rings. The van der Waals surface area contributed by atoms with Crippen LogP contribution in [0, 0.1) is 6.92 Å². The van der Waals surface area contributed by atoms with E-state index in [0.29, 0.717) is 35.7 Å². The zero-order valence-electron chi connectivity index (χ0n) is 17.0. The van der Waals surface area contributed by atoms with Gasteiger partial charge in [0, 0.05) is 35.8 Å². The highest BCUT2D eigenvalue weighted by Crippen LogP contribution is 2.31. The second-order valence-corrected chi connectivity index (χ2v) is 8.29. The summed E-state index contributed by atoms with van der Waals surface area (Å²) >= 11 is 6.09. The van der Waals surface area contributed by atoms with Gasteiger partial charge in [0.2, 0.25) is 0 Å². The Morgan fingerprint density at radius 1 is 1.19 bits per heavy atom. The lowest BCUT2D eigenvalue weighted by molar-refractivity contribution is -0.133. The van der Waals surface area contributed by atoms with Gasteiger partial charge >= 0.3 is 6.03 Å². The van der Waals surface area contributed by atoms with E-state index in [9.17, 15) is 19.2 Å². The van der Waals surface area contributed by atoms with Crippen LogP contribution in [-0.2, 0) is 22.7 Å². The Balaban J connectivity index is 1.43. The van der Waals surface area contributed by atoms with Crippen LogP contribution in [0.25, 0.3) is 0 Å². The number of hydrogen-bond donors (Lipinski definition) is 2. The summed E-state index contributed by atoms with van der Waals surface area (Å²) in [5.74, 6) is -0.479. The molecule has 2 N–H and O–H groups in total. The molecule has 1 unspecified atom stereocenters. The molecular formula is C23H22ClN3O4. The van der Waals surface area contributed by atoms with Crippen molar-refractivity contribution in [2.24, 2.45) is 0 Å². The molecule has 1 fully saturated rings. The van der Waals surface area contributed by atoms with Gasteiger partial charge in [-0.05, 0) is 48.2 Å². The van der Waals surface area contributed by atoms with Crippen molar-refractivity contribution in [3.8, 4) is 0 Å². The number of hydrogen-bond acceptors (Lipinski definition) is 4. The van der Waals surface area contributed by atoms with E-state index < -0.39 is 6.04 Å². The lowest BCUT2D eigenvalue weighted by Gasteiger charge is -2.29. The molecule has 0 spiro atoms. The van der Waals surface area contributed by atoms with Crippen LogP contribution >= 0.6 is 11.6 Å². The molecule has 0 radical (unpaired) electrons. The van der Waals surface area contributed by atoms with Gasteiger partial charge in [-0.1, -0.05) is 29.8 Å². The zero-order chi connectivity index (χ0) is 22.1. The fourth-order valence-corrected chi connectivity index (χ4v) is 4.23. The lowest BCUT2D eigenvalue weighted by atomic mass is 9.92. The van der Waals surface area contributed by atoms with Crippen LogP contribution in [-0.4, -0.2) is 34.4 Å². The smallest absolute Gasteiger partial charge is 0.319 e. The summed E-state index contributed by atoms with van der Waals surface area (Å²) in [7, 11) is 0. The Morgan fingerprint density at radius 3 is 2.74 bits per heavy atom. The number of amides is 3. The molecule has 1 heterocycles. The Labute approximate surface area is 184 Å². The highest BCUT2D eigenvalue weighted by Gasteiger charge is 2.39. The van der Waals surface area contributed by atoms with Crippen LogP contribution < -0.4 is 10.6 Å². The maximum Gasteiger partial charge on any atom is 0.319 e. The van der Waals surface area contributed by atoms with Crippen molar-refractivity contribution in [1.29, 1.82) is 0 Å². The number of benzene rings is 2. The molecular weight excluding hydrogens is 418 g/mol. The Kier molecular flexibility index (Phi) is 5.78. The minimum absolute atomic E-state index is 0.0730. The van der Waals surface area contributed by atoms with Crippen molar-refractivity contribution in [3.63, 3.8) is 0 Å². The molecule has 4 rings (SSSR count). The first-order chi connectivity index (χ1) is 14.8. The first-order valence-corrected chi connectivity index (χ1v) is 10.5. The summed E-state index contributed by atoms with van der Waals surface area (Å²) in [5, 5.41) is 6.11. The number of aryl methyl sites for hydroxylation is 1. The number of carbonyl (C=O) groups is 4. The highest BCUT2D eigenvalue weighted by atomic mass is 35.5. The summed E-state index contributed by atoms with van der Waals surface area (Å²) in [6.45, 7) is 2.41. The number of rotatable bonds is 4. The number of anilines is 1. The van der Waals surface area contributed by atoms with Gasteiger partial charge in [0.05, 0.1) is 12.5 Å². The van der Waals surface area contributed by atoms with Crippen molar-refractivity contribution < 1.29 is 19.2 Å². The van der Waals surface area contributed by atoms with Gasteiger partial charge in [0.1, 0.15) is 5.78 Å². The van der Waals surface area contributed by atoms with Crippen molar-refractivity contribution in [3.05, 3.63) is 63.7 Å². The number of nitrogens with one attached hydrogen (secondary N) is 2. The molecule has 1 aliphatic heterocycles. The monoisotopic (exact) mass is 439 g/mol. The number of Topliss-reactive ketones (excluding diaryl/α,β-unsaturated/α-hetero) is 2. The molecule has 1 saturated carbocycles. The molecule has 2 aromatic rings. The van der Waals surface area contributed by atoms with Gasteiger partial charge in [-0.25, -0.2) is 4.79 Å². The van der Waals surface area contributed by atoms with E-state index in [1.807, 2.05) is 19.1 Å². The third-order valence-electron chi connectivity index (χ3n) is 5.78. The van der Waals surface area contributed by atoms with E-state index in [4.69, 9.17) is 11.6 Å². The molecule has 7 nitrogen and oxygen atoms in total. The van der Waals surface area contributed by atoms with Crippen molar-refractivity contribution in [1.82, 2.24) is 10.2 Å². The summed E-state index contributed by atoms with van der Waals surface area (Å²) in [6.07, 6.45) is 0.572. The van der Waals surface area contributed by atoms with Gasteiger partial charge in [-0.15, -0.1) is 0 Å². The topological polar surface area (TPSA) is 95.6 Å². The van der Waals surface area contributed by atoms with Gasteiger partial charge < -0.3 is 15.5 Å². The predicted octanol–water partition coefficient (Wildman–Crippen LogP) is 3.62. The van der Waals surface area contributed by atoms with Gasteiger partial charge in [-0.2, -0.15) is 0 Å². The Hall–Kier alpha value is -3.19. The molecule has 1 aliphatic carbocycles. The maximum absolute atomic E-state index is 12.9. The zero-order valence-corrected chi connectivity index (χ0v) is 17.8. The second kappa shape index (κ2) is 8.51. The lowest BCUT2D eigenvalue weighted by Crippen LogP contribution is -2.44. The van der Waals surface area contributed by atoms with Gasteiger partial charge in [0.25, 0.3) is 5.91 Å². The molecule has 3 amide bonds. The number of ketones is 2. The van der Waals surface area contributed by atoms with Gasteiger partial charge in [-0.3, -0.25) is 14.4 Å². The normalized spacial score (nSPS) is 18.2. The van der Waals surface area contributed by atoms with E-state index in [-0.39, 0.29) is 36.5 Å². The first kappa shape index (κ1) is 21.1. The largest absolute Gasteiger partial charge is 0.334 e. The van der Waals surface area contributed by atoms with Gasteiger partial charge in [0.15, 0.2) is 5.78 Å². The summed E-state index contributed by atoms with van der Waals surface area (Å²) in [5.41, 5.74) is 3.65. The molecule has 2 aromatic carbocycles. The molecule has 160 valence electrons. The quantitative estimate of drug-likeness (QED) is 0.711. The summed E-state index contributed by atoms with van der Waals surface area (Å²) in [4.78, 5) is 50.6. The standard InChI is InChI=1S/C23H22ClN3O4/c1-13-5-6-15(9-19(13)24)26-23(31)25-11-14-3-2-4-17-18(14)12-27(22(17)30)20-8-7-16(28)10-21(20)29/h2-6,9,20H,7-8,10-12H2,1H3,(H2,25,26,31). The average Bonchev–Trinajstić information content (AvgIpc) is 3.06. The molecule has 0 aromatic heterocycles. The number of carbonyl (C=O) groups excluding carboxylic acids is 4. The van der Waals surface area contributed by atoms with Crippen LogP contribution in [0.5, 0.6) is 0 Å². The molecule has 8 heteroatoms. The maximum atomic E-state index is 12.9. The van der Waals surface area contributed by atoms with E-state index in [1.165, 1.54) is 0 Å². The van der Waals surface area contributed by atoms with Crippen molar-refractivity contribution in [2.45, 2.75) is 45.3 Å². The molecule has 31 heavy (non-hydrogen) atoms. The molecule has 0 bridgehead atoms. The van der Waals surface area contributed by atoms with Crippen LogP contribution in [0.4, 0.5) is 10.5 Å². The van der Waals surface area contributed by atoms with Crippen molar-refractivity contribution in [2.75, 3.05) is 5.32 Å². The number of halogens is 1. The molecule has 0 saturated heterocycles. The fourth-order valence-electron chi connectivity index (χ4n) is 4.05. The summed E-state index contributed by atoms with van der Waals surface area (Å²) < 4.78 is 0. The summed E-state index contributed by atoms with van der Waals surface area (Å²) in [6, 6.07) is 9.66. The highest BCUT2D eigenvalue weighted by molar-refractivity contribution is 6.31.